The van der Waals surface area contributed by atoms with Gasteiger partial charge in [-0.15, -0.1) is 0 Å². The average molecular weight is 397 g/mol. The molecule has 0 saturated carbocycles. The predicted octanol–water partition coefficient (Wildman–Crippen LogP) is 5.20. The van der Waals surface area contributed by atoms with E-state index in [1.54, 1.807) is 0 Å². The molecule has 0 N–H and O–H groups in total. The van der Waals surface area contributed by atoms with E-state index in [9.17, 15) is 4.79 Å². The number of carbonyl (C=O) groups excluding carboxylic acids is 1. The molecule has 2 fully saturated rings. The molecule has 4 rings (SSSR count). The normalized spacial score (nSPS) is 17.7. The molecule has 0 bridgehead atoms. The van der Waals surface area contributed by atoms with Crippen LogP contribution in [0.3, 0.4) is 0 Å². The van der Waals surface area contributed by atoms with Gasteiger partial charge >= 0.3 is 0 Å². The highest BCUT2D eigenvalue weighted by atomic mass is 16.5. The first-order valence-electron chi connectivity index (χ1n) is 11.0. The summed E-state index contributed by atoms with van der Waals surface area (Å²) in [5.41, 5.74) is 1.88. The Morgan fingerprint density at radius 3 is 2.00 bits per heavy atom. The number of rotatable bonds is 3. The van der Waals surface area contributed by atoms with Crippen molar-refractivity contribution in [2.75, 3.05) is 26.2 Å². The van der Waals surface area contributed by atoms with E-state index in [-0.39, 0.29) is 11.6 Å². The third-order valence-corrected chi connectivity index (χ3v) is 5.38. The maximum atomic E-state index is 12.6. The highest BCUT2D eigenvalue weighted by Crippen LogP contribution is 2.35. The smallest absolute Gasteiger partial charge is 0.253 e. The molecule has 2 heterocycles. The van der Waals surface area contributed by atoms with Crippen LogP contribution in [0.1, 0.15) is 56.5 Å². The standard InChI is InChI=1S/C21H24N2O2.2C2H6/c24-20(19-9-5-2-6-10-19)22-13-11-21(12-14-22)23(15-16-25-21)17-18-7-3-1-4-8-18;2*1-2/h1-10H,11-17H2;2*1-2H3. The van der Waals surface area contributed by atoms with Crippen LogP contribution in [0.2, 0.25) is 0 Å². The molecule has 0 aromatic heterocycles. The quantitative estimate of drug-likeness (QED) is 0.714. The molecule has 158 valence electrons. The lowest BCUT2D eigenvalue weighted by Gasteiger charge is -2.43. The van der Waals surface area contributed by atoms with E-state index in [1.165, 1.54) is 5.56 Å². The van der Waals surface area contributed by atoms with E-state index < -0.39 is 0 Å². The number of hydrogen-bond donors (Lipinski definition) is 0. The summed E-state index contributed by atoms with van der Waals surface area (Å²) in [6.45, 7) is 12.1. The molecule has 29 heavy (non-hydrogen) atoms. The van der Waals surface area contributed by atoms with Crippen molar-refractivity contribution in [2.45, 2.75) is 52.8 Å². The van der Waals surface area contributed by atoms with Crippen LogP contribution in [0.4, 0.5) is 0 Å². The van der Waals surface area contributed by atoms with E-state index in [0.29, 0.717) is 0 Å². The minimum atomic E-state index is -0.205. The second kappa shape index (κ2) is 11.7. The first-order chi connectivity index (χ1) is 14.3. The number of ether oxygens (including phenoxy) is 1. The SMILES string of the molecule is CC.CC.O=C(c1ccccc1)N1CCC2(CC1)OCCN2Cc1ccccc1. The third-order valence-electron chi connectivity index (χ3n) is 5.38. The molecule has 0 aliphatic carbocycles. The number of likely N-dealkylation sites (tertiary alicyclic amines) is 1. The van der Waals surface area contributed by atoms with Crippen LogP contribution in [0.5, 0.6) is 0 Å². The highest BCUT2D eigenvalue weighted by molar-refractivity contribution is 5.94. The number of amides is 1. The minimum Gasteiger partial charge on any atom is -0.359 e. The largest absolute Gasteiger partial charge is 0.359 e. The topological polar surface area (TPSA) is 32.8 Å². The van der Waals surface area contributed by atoms with Gasteiger partial charge in [0.2, 0.25) is 0 Å². The van der Waals surface area contributed by atoms with Crippen molar-refractivity contribution < 1.29 is 9.53 Å². The lowest BCUT2D eigenvalue weighted by atomic mass is 9.97. The molecule has 0 radical (unpaired) electrons. The fourth-order valence-electron chi connectivity index (χ4n) is 3.95. The number of carbonyl (C=O) groups is 1. The van der Waals surface area contributed by atoms with Crippen LogP contribution in [0.15, 0.2) is 60.7 Å². The molecule has 1 spiro atoms. The molecule has 2 aromatic rings. The summed E-state index contributed by atoms with van der Waals surface area (Å²) in [6, 6.07) is 20.1. The summed E-state index contributed by atoms with van der Waals surface area (Å²) < 4.78 is 6.19. The van der Waals surface area contributed by atoms with Crippen molar-refractivity contribution in [3.05, 3.63) is 71.8 Å². The van der Waals surface area contributed by atoms with Crippen LogP contribution in [0, 0.1) is 0 Å². The maximum Gasteiger partial charge on any atom is 0.253 e. The van der Waals surface area contributed by atoms with Gasteiger partial charge in [0.15, 0.2) is 0 Å². The van der Waals surface area contributed by atoms with Gasteiger partial charge in [-0.1, -0.05) is 76.2 Å². The second-order valence-electron chi connectivity index (χ2n) is 6.86. The first kappa shape index (κ1) is 23.1. The van der Waals surface area contributed by atoms with E-state index in [2.05, 4.69) is 29.2 Å². The average Bonchev–Trinajstić information content (AvgIpc) is 3.19. The van der Waals surface area contributed by atoms with Gasteiger partial charge < -0.3 is 9.64 Å². The van der Waals surface area contributed by atoms with Crippen LogP contribution in [0.25, 0.3) is 0 Å². The Balaban J connectivity index is 0.000000707. The monoisotopic (exact) mass is 396 g/mol. The first-order valence-corrected chi connectivity index (χ1v) is 11.0. The van der Waals surface area contributed by atoms with Crippen LogP contribution in [-0.4, -0.2) is 47.7 Å². The highest BCUT2D eigenvalue weighted by Gasteiger charge is 2.45. The Hall–Kier alpha value is -2.17. The molecule has 1 amide bonds. The van der Waals surface area contributed by atoms with Gasteiger partial charge in [0.05, 0.1) is 6.61 Å². The van der Waals surface area contributed by atoms with Crippen molar-refractivity contribution in [1.82, 2.24) is 9.80 Å². The summed E-state index contributed by atoms with van der Waals surface area (Å²) in [5, 5.41) is 0. The van der Waals surface area contributed by atoms with Crippen molar-refractivity contribution >= 4 is 5.91 Å². The fraction of sp³-hybridized carbons (Fsp3) is 0.480. The lowest BCUT2D eigenvalue weighted by molar-refractivity contribution is -0.118. The van der Waals surface area contributed by atoms with Gasteiger partial charge in [-0.05, 0) is 17.7 Å². The Labute approximate surface area is 176 Å². The van der Waals surface area contributed by atoms with Crippen molar-refractivity contribution in [2.24, 2.45) is 0 Å². The summed E-state index contributed by atoms with van der Waals surface area (Å²) in [6.07, 6.45) is 1.75. The van der Waals surface area contributed by atoms with Crippen molar-refractivity contribution in [1.29, 1.82) is 0 Å². The number of piperidine rings is 1. The molecule has 4 nitrogen and oxygen atoms in total. The molecule has 0 atom stereocenters. The molecular weight excluding hydrogens is 360 g/mol. The zero-order chi connectivity index (χ0) is 21.1. The van der Waals surface area contributed by atoms with E-state index >= 15 is 0 Å². The summed E-state index contributed by atoms with van der Waals surface area (Å²) in [7, 11) is 0. The Kier molecular flexibility index (Phi) is 9.36. The van der Waals surface area contributed by atoms with Gasteiger partial charge in [0.1, 0.15) is 5.72 Å². The number of nitrogens with zero attached hydrogens (tertiary/aromatic N) is 2. The zero-order valence-corrected chi connectivity index (χ0v) is 18.4. The van der Waals surface area contributed by atoms with Gasteiger partial charge in [-0.3, -0.25) is 9.69 Å². The fourth-order valence-corrected chi connectivity index (χ4v) is 3.95. The predicted molar refractivity (Wildman–Crippen MR) is 120 cm³/mol. The molecule has 2 aliphatic heterocycles. The molecule has 2 saturated heterocycles. The van der Waals surface area contributed by atoms with Crippen molar-refractivity contribution in [3.8, 4) is 0 Å². The van der Waals surface area contributed by atoms with E-state index in [4.69, 9.17) is 4.74 Å². The van der Waals surface area contributed by atoms with Gasteiger partial charge in [0.25, 0.3) is 5.91 Å². The van der Waals surface area contributed by atoms with Crippen molar-refractivity contribution in [3.63, 3.8) is 0 Å². The molecular formula is C25H36N2O2. The van der Waals surface area contributed by atoms with E-state index in [0.717, 1.165) is 51.2 Å². The minimum absolute atomic E-state index is 0.128. The molecule has 2 aliphatic rings. The maximum absolute atomic E-state index is 12.6. The Morgan fingerprint density at radius 2 is 1.41 bits per heavy atom. The van der Waals surface area contributed by atoms with Gasteiger partial charge in [-0.2, -0.15) is 0 Å². The summed E-state index contributed by atoms with van der Waals surface area (Å²) in [4.78, 5) is 17.1. The van der Waals surface area contributed by atoms with Gasteiger partial charge in [-0.25, -0.2) is 0 Å². The Morgan fingerprint density at radius 1 is 0.862 bits per heavy atom. The lowest BCUT2D eigenvalue weighted by Crippen LogP contribution is -2.53. The van der Waals surface area contributed by atoms with E-state index in [1.807, 2.05) is 69.0 Å². The third kappa shape index (κ3) is 5.68. The molecule has 4 heteroatoms. The Bertz CT molecular complexity index is 710. The number of benzene rings is 2. The molecule has 2 aromatic carbocycles. The molecule has 0 unspecified atom stereocenters. The zero-order valence-electron chi connectivity index (χ0n) is 18.4. The van der Waals surface area contributed by atoms with Gasteiger partial charge in [0, 0.05) is 44.6 Å². The van der Waals surface area contributed by atoms with Crippen LogP contribution >= 0.6 is 0 Å². The second-order valence-corrected chi connectivity index (χ2v) is 6.86. The van der Waals surface area contributed by atoms with Crippen LogP contribution in [-0.2, 0) is 11.3 Å². The summed E-state index contributed by atoms with van der Waals surface area (Å²) >= 11 is 0. The summed E-state index contributed by atoms with van der Waals surface area (Å²) in [5.74, 6) is 0.128. The van der Waals surface area contributed by atoms with Crippen LogP contribution < -0.4 is 0 Å². The number of hydrogen-bond acceptors (Lipinski definition) is 3.